The minimum atomic E-state index is -1.14. The maximum Gasteiger partial charge on any atom is 0.290 e. The van der Waals surface area contributed by atoms with Gasteiger partial charge in [0.2, 0.25) is 5.78 Å². The number of furan rings is 1. The van der Waals surface area contributed by atoms with Crippen molar-refractivity contribution in [3.63, 3.8) is 0 Å². The van der Waals surface area contributed by atoms with Crippen molar-refractivity contribution in [3.05, 3.63) is 101 Å². The Balaban J connectivity index is 1.60. The summed E-state index contributed by atoms with van der Waals surface area (Å²) in [7, 11) is 0. The second kappa shape index (κ2) is 7.49. The Hall–Kier alpha value is -4.20. The van der Waals surface area contributed by atoms with E-state index in [2.05, 4.69) is 9.97 Å². The summed E-state index contributed by atoms with van der Waals surface area (Å²) in [4.78, 5) is 35.1. The number of H-pyrrole nitrogens is 1. The van der Waals surface area contributed by atoms with E-state index in [1.165, 1.54) is 29.2 Å². The summed E-state index contributed by atoms with van der Waals surface area (Å²) in [5.41, 5.74) is 1.34. The summed E-state index contributed by atoms with van der Waals surface area (Å²) in [6.07, 6.45) is 0. The maximum atomic E-state index is 14.8. The molecule has 1 aliphatic rings. The lowest BCUT2D eigenvalue weighted by Gasteiger charge is -2.26. The number of ketones is 1. The van der Waals surface area contributed by atoms with Gasteiger partial charge in [-0.05, 0) is 37.3 Å². The number of imidazole rings is 1. The quantitative estimate of drug-likeness (QED) is 0.457. The first kappa shape index (κ1) is 19.7. The van der Waals surface area contributed by atoms with Crippen LogP contribution in [0.15, 0.2) is 76.4 Å². The number of aromatic nitrogens is 2. The maximum absolute atomic E-state index is 14.8. The van der Waals surface area contributed by atoms with Gasteiger partial charge in [0.1, 0.15) is 17.4 Å². The van der Waals surface area contributed by atoms with Crippen molar-refractivity contribution in [3.8, 4) is 0 Å². The van der Waals surface area contributed by atoms with E-state index in [1.807, 2.05) is 24.3 Å². The molecule has 0 saturated carbocycles. The number of amides is 1. The van der Waals surface area contributed by atoms with Crippen molar-refractivity contribution in [1.29, 1.82) is 0 Å². The van der Waals surface area contributed by atoms with Gasteiger partial charge in [0.25, 0.3) is 5.91 Å². The second-order valence-electron chi connectivity index (χ2n) is 7.56. The van der Waals surface area contributed by atoms with Gasteiger partial charge in [-0.1, -0.05) is 30.3 Å². The van der Waals surface area contributed by atoms with Crippen LogP contribution in [0.3, 0.4) is 0 Å². The molecular weight excluding hydrogens is 413 g/mol. The molecule has 0 spiro atoms. The number of aryl methyl sites for hydroxylation is 1. The Bertz CT molecular complexity index is 1370. The third-order valence-corrected chi connectivity index (χ3v) is 5.47. The van der Waals surface area contributed by atoms with Crippen LogP contribution in [0.1, 0.15) is 33.7 Å². The van der Waals surface area contributed by atoms with Gasteiger partial charge in [-0.3, -0.25) is 9.59 Å². The zero-order valence-corrected chi connectivity index (χ0v) is 17.0. The summed E-state index contributed by atoms with van der Waals surface area (Å²) in [5, 5.41) is 10.7. The van der Waals surface area contributed by atoms with Crippen molar-refractivity contribution in [1.82, 2.24) is 14.9 Å². The normalized spacial score (nSPS) is 16.4. The fourth-order valence-electron chi connectivity index (χ4n) is 4.00. The minimum absolute atomic E-state index is 0.0382. The summed E-state index contributed by atoms with van der Waals surface area (Å²) in [6.45, 7) is 1.61. The van der Waals surface area contributed by atoms with Crippen LogP contribution >= 0.6 is 0 Å². The molecule has 0 fully saturated rings. The van der Waals surface area contributed by atoms with Crippen LogP contribution in [0.25, 0.3) is 11.0 Å². The highest BCUT2D eigenvalue weighted by molar-refractivity contribution is 6.15. The van der Waals surface area contributed by atoms with E-state index in [9.17, 15) is 19.1 Å². The van der Waals surface area contributed by atoms with Crippen LogP contribution in [0.2, 0.25) is 0 Å². The molecule has 8 heteroatoms. The van der Waals surface area contributed by atoms with Crippen molar-refractivity contribution in [2.24, 2.45) is 0 Å². The average molecular weight is 431 g/mol. The SMILES string of the molecule is Cc1ccc(C(=O)C2=C(O)C(=O)N(Cc3nc4ccccc4[nH]3)C2c2ccccc2F)o1. The fraction of sp³-hybridized carbons (Fsp3) is 0.125. The number of hydrogen-bond acceptors (Lipinski definition) is 5. The molecule has 32 heavy (non-hydrogen) atoms. The van der Waals surface area contributed by atoms with Crippen LogP contribution in [0, 0.1) is 12.7 Å². The zero-order valence-electron chi connectivity index (χ0n) is 17.0. The average Bonchev–Trinajstić information content (AvgIpc) is 3.46. The van der Waals surface area contributed by atoms with Crippen molar-refractivity contribution < 1.29 is 23.5 Å². The van der Waals surface area contributed by atoms with Crippen molar-refractivity contribution >= 4 is 22.7 Å². The number of para-hydroxylation sites is 2. The second-order valence-corrected chi connectivity index (χ2v) is 7.56. The number of nitrogens with one attached hydrogen (secondary N) is 1. The lowest BCUT2D eigenvalue weighted by molar-refractivity contribution is -0.130. The van der Waals surface area contributed by atoms with Gasteiger partial charge in [0.15, 0.2) is 11.5 Å². The standard InChI is InChI=1S/C24H18FN3O4/c1-13-10-11-18(32-13)22(29)20-21(14-6-2-3-7-15(14)25)28(24(31)23(20)30)12-19-26-16-8-4-5-9-17(16)27-19/h2-11,21,30H,12H2,1H3,(H,26,27). The van der Waals surface area contributed by atoms with Gasteiger partial charge in [-0.25, -0.2) is 9.37 Å². The van der Waals surface area contributed by atoms with E-state index >= 15 is 0 Å². The molecule has 0 radical (unpaired) electrons. The van der Waals surface area contributed by atoms with Crippen LogP contribution in [-0.2, 0) is 11.3 Å². The molecule has 1 atom stereocenters. The van der Waals surface area contributed by atoms with Crippen LogP contribution in [0.4, 0.5) is 4.39 Å². The molecular formula is C24H18FN3O4. The van der Waals surface area contributed by atoms with E-state index < -0.39 is 29.3 Å². The predicted octanol–water partition coefficient (Wildman–Crippen LogP) is 4.38. The molecule has 0 aliphatic carbocycles. The number of benzene rings is 2. The smallest absolute Gasteiger partial charge is 0.290 e. The molecule has 7 nitrogen and oxygen atoms in total. The Morgan fingerprint density at radius 2 is 1.91 bits per heavy atom. The third kappa shape index (κ3) is 3.17. The van der Waals surface area contributed by atoms with Gasteiger partial charge in [-0.15, -0.1) is 0 Å². The van der Waals surface area contributed by atoms with E-state index in [1.54, 1.807) is 19.1 Å². The minimum Gasteiger partial charge on any atom is -0.503 e. The summed E-state index contributed by atoms with van der Waals surface area (Å²) < 4.78 is 20.2. The molecule has 4 aromatic rings. The Morgan fingerprint density at radius 3 is 2.62 bits per heavy atom. The van der Waals surface area contributed by atoms with Crippen LogP contribution < -0.4 is 0 Å². The van der Waals surface area contributed by atoms with E-state index in [0.29, 0.717) is 17.1 Å². The Labute approximate surface area is 181 Å². The molecule has 1 unspecified atom stereocenters. The van der Waals surface area contributed by atoms with Crippen LogP contribution in [-0.4, -0.2) is 31.7 Å². The van der Waals surface area contributed by atoms with Gasteiger partial charge in [0.05, 0.1) is 29.2 Å². The van der Waals surface area contributed by atoms with Crippen molar-refractivity contribution in [2.75, 3.05) is 0 Å². The van der Waals surface area contributed by atoms with E-state index in [0.717, 1.165) is 5.52 Å². The Morgan fingerprint density at radius 1 is 1.16 bits per heavy atom. The highest BCUT2D eigenvalue weighted by atomic mass is 19.1. The van der Waals surface area contributed by atoms with Gasteiger partial charge < -0.3 is 19.4 Å². The number of aliphatic hydroxyl groups excluding tert-OH is 1. The highest BCUT2D eigenvalue weighted by Crippen LogP contribution is 2.40. The van der Waals surface area contributed by atoms with Gasteiger partial charge in [0, 0.05) is 5.56 Å². The fourth-order valence-corrected chi connectivity index (χ4v) is 4.00. The molecule has 160 valence electrons. The molecule has 5 rings (SSSR count). The number of fused-ring (bicyclic) bond motifs is 1. The molecule has 1 amide bonds. The lowest BCUT2D eigenvalue weighted by atomic mass is 9.94. The number of aliphatic hydroxyl groups is 1. The molecule has 3 heterocycles. The molecule has 0 bridgehead atoms. The number of nitrogens with zero attached hydrogens (tertiary/aromatic N) is 2. The largest absolute Gasteiger partial charge is 0.503 e. The topological polar surface area (TPSA) is 99.4 Å². The van der Waals surface area contributed by atoms with Gasteiger partial charge in [-0.2, -0.15) is 0 Å². The van der Waals surface area contributed by atoms with Gasteiger partial charge >= 0.3 is 0 Å². The molecule has 2 aromatic carbocycles. The van der Waals surface area contributed by atoms with E-state index in [4.69, 9.17) is 4.42 Å². The molecule has 0 saturated heterocycles. The van der Waals surface area contributed by atoms with Crippen molar-refractivity contribution in [2.45, 2.75) is 19.5 Å². The Kier molecular flexibility index (Phi) is 4.62. The first-order chi connectivity index (χ1) is 15.4. The van der Waals surface area contributed by atoms with Crippen LogP contribution in [0.5, 0.6) is 0 Å². The number of Topliss-reactive ketones (excluding diaryl/α,β-unsaturated/α-hetero) is 1. The predicted molar refractivity (Wildman–Crippen MR) is 113 cm³/mol. The van der Waals surface area contributed by atoms with E-state index in [-0.39, 0.29) is 23.4 Å². The zero-order chi connectivity index (χ0) is 22.4. The summed E-state index contributed by atoms with van der Waals surface area (Å²) in [5.74, 6) is -1.89. The summed E-state index contributed by atoms with van der Waals surface area (Å²) >= 11 is 0. The summed E-state index contributed by atoms with van der Waals surface area (Å²) in [6, 6.07) is 15.1. The highest BCUT2D eigenvalue weighted by Gasteiger charge is 2.45. The number of aromatic amines is 1. The monoisotopic (exact) mass is 431 g/mol. The molecule has 2 N–H and O–H groups in total. The third-order valence-electron chi connectivity index (χ3n) is 5.47. The lowest BCUT2D eigenvalue weighted by Crippen LogP contribution is -2.31. The number of carbonyl (C=O) groups excluding carboxylic acids is 2. The first-order valence-corrected chi connectivity index (χ1v) is 9.97. The number of halogens is 1. The first-order valence-electron chi connectivity index (χ1n) is 9.97. The number of hydrogen-bond donors (Lipinski definition) is 2. The number of carbonyl (C=O) groups is 2. The molecule has 2 aromatic heterocycles. The number of rotatable bonds is 5. The molecule has 1 aliphatic heterocycles.